The first kappa shape index (κ1) is 14.0. The Bertz CT molecular complexity index is 764. The van der Waals surface area contributed by atoms with Crippen LogP contribution in [0.1, 0.15) is 5.82 Å². The second-order valence-electron chi connectivity index (χ2n) is 4.55. The summed E-state index contributed by atoms with van der Waals surface area (Å²) in [6.45, 7) is 1.87. The van der Waals surface area contributed by atoms with E-state index in [0.717, 1.165) is 17.1 Å². The van der Waals surface area contributed by atoms with Gasteiger partial charge in [0.25, 0.3) is 0 Å². The SMILES string of the molecule is COc1cccc(OC)c1-n1c(C)nnc1-c1ccnnc1. The second kappa shape index (κ2) is 5.80. The zero-order chi connectivity index (χ0) is 15.5. The Hall–Kier alpha value is -2.96. The van der Waals surface area contributed by atoms with Gasteiger partial charge in [0, 0.05) is 5.56 Å². The molecule has 22 heavy (non-hydrogen) atoms. The van der Waals surface area contributed by atoms with E-state index in [1.165, 1.54) is 0 Å². The highest BCUT2D eigenvalue weighted by Crippen LogP contribution is 2.35. The third-order valence-corrected chi connectivity index (χ3v) is 3.29. The van der Waals surface area contributed by atoms with Crippen molar-refractivity contribution in [2.24, 2.45) is 0 Å². The summed E-state index contributed by atoms with van der Waals surface area (Å²) in [7, 11) is 3.23. The quantitative estimate of drug-likeness (QED) is 0.733. The maximum atomic E-state index is 5.47. The Morgan fingerprint density at radius 1 is 0.955 bits per heavy atom. The molecular formula is C15H15N5O2. The Labute approximate surface area is 127 Å². The number of aromatic nitrogens is 5. The van der Waals surface area contributed by atoms with Crippen LogP contribution >= 0.6 is 0 Å². The predicted molar refractivity (Wildman–Crippen MR) is 80.2 cm³/mol. The van der Waals surface area contributed by atoms with E-state index in [4.69, 9.17) is 9.47 Å². The average molecular weight is 297 g/mol. The minimum Gasteiger partial charge on any atom is -0.494 e. The number of methoxy groups -OCH3 is 2. The fourth-order valence-electron chi connectivity index (χ4n) is 2.29. The van der Waals surface area contributed by atoms with Gasteiger partial charge in [-0.1, -0.05) is 6.07 Å². The van der Waals surface area contributed by atoms with Crippen LogP contribution in [0.5, 0.6) is 11.5 Å². The Morgan fingerprint density at radius 2 is 1.68 bits per heavy atom. The molecule has 0 aliphatic rings. The van der Waals surface area contributed by atoms with Crippen LogP contribution in [0.2, 0.25) is 0 Å². The van der Waals surface area contributed by atoms with Gasteiger partial charge in [0.15, 0.2) is 5.82 Å². The van der Waals surface area contributed by atoms with E-state index in [1.54, 1.807) is 26.6 Å². The fourth-order valence-corrected chi connectivity index (χ4v) is 2.29. The van der Waals surface area contributed by atoms with Crippen LogP contribution < -0.4 is 9.47 Å². The van der Waals surface area contributed by atoms with Crippen LogP contribution in [0.25, 0.3) is 17.1 Å². The van der Waals surface area contributed by atoms with Crippen molar-refractivity contribution in [3.8, 4) is 28.6 Å². The molecule has 1 aromatic carbocycles. The summed E-state index contributed by atoms with van der Waals surface area (Å²) in [6, 6.07) is 7.43. The molecule has 0 amide bonds. The van der Waals surface area contributed by atoms with Gasteiger partial charge >= 0.3 is 0 Å². The van der Waals surface area contributed by atoms with Crippen LogP contribution in [0.4, 0.5) is 0 Å². The van der Waals surface area contributed by atoms with Crippen molar-refractivity contribution >= 4 is 0 Å². The first-order valence-electron chi connectivity index (χ1n) is 6.66. The van der Waals surface area contributed by atoms with Crippen LogP contribution in [0, 0.1) is 6.92 Å². The molecule has 2 aromatic heterocycles. The van der Waals surface area contributed by atoms with Gasteiger partial charge in [0.2, 0.25) is 0 Å². The van der Waals surface area contributed by atoms with Crippen LogP contribution in [-0.2, 0) is 0 Å². The lowest BCUT2D eigenvalue weighted by atomic mass is 10.2. The van der Waals surface area contributed by atoms with Gasteiger partial charge in [-0.2, -0.15) is 10.2 Å². The van der Waals surface area contributed by atoms with Crippen molar-refractivity contribution in [1.82, 2.24) is 25.0 Å². The van der Waals surface area contributed by atoms with E-state index in [0.29, 0.717) is 17.3 Å². The molecule has 3 rings (SSSR count). The molecule has 7 heteroatoms. The van der Waals surface area contributed by atoms with Crippen LogP contribution in [-0.4, -0.2) is 39.2 Å². The Kier molecular flexibility index (Phi) is 3.69. The van der Waals surface area contributed by atoms with Crippen LogP contribution in [0.15, 0.2) is 36.7 Å². The number of nitrogens with zero attached hydrogens (tertiary/aromatic N) is 5. The van der Waals surface area contributed by atoms with E-state index in [2.05, 4.69) is 20.4 Å². The topological polar surface area (TPSA) is 75.0 Å². The summed E-state index contributed by atoms with van der Waals surface area (Å²) < 4.78 is 12.8. The zero-order valence-corrected chi connectivity index (χ0v) is 12.5. The van der Waals surface area contributed by atoms with Gasteiger partial charge in [0.05, 0.1) is 26.6 Å². The molecule has 112 valence electrons. The Balaban J connectivity index is 2.28. The van der Waals surface area contributed by atoms with Gasteiger partial charge in [-0.25, -0.2) is 0 Å². The molecule has 0 unspecified atom stereocenters. The maximum Gasteiger partial charge on any atom is 0.170 e. The average Bonchev–Trinajstić information content (AvgIpc) is 2.96. The number of hydrogen-bond donors (Lipinski definition) is 0. The zero-order valence-electron chi connectivity index (χ0n) is 12.5. The van der Waals surface area contributed by atoms with Crippen molar-refractivity contribution in [3.05, 3.63) is 42.5 Å². The summed E-state index contributed by atoms with van der Waals surface area (Å²) >= 11 is 0. The second-order valence-corrected chi connectivity index (χ2v) is 4.55. The van der Waals surface area contributed by atoms with Gasteiger partial charge in [-0.05, 0) is 25.1 Å². The van der Waals surface area contributed by atoms with Crippen LogP contribution in [0.3, 0.4) is 0 Å². The number of benzene rings is 1. The van der Waals surface area contributed by atoms with Crippen molar-refractivity contribution in [1.29, 1.82) is 0 Å². The van der Waals surface area contributed by atoms with E-state index in [9.17, 15) is 0 Å². The highest BCUT2D eigenvalue weighted by Gasteiger charge is 2.20. The lowest BCUT2D eigenvalue weighted by Gasteiger charge is -2.16. The molecule has 0 saturated carbocycles. The van der Waals surface area contributed by atoms with Crippen molar-refractivity contribution in [3.63, 3.8) is 0 Å². The van der Waals surface area contributed by atoms with Gasteiger partial charge < -0.3 is 9.47 Å². The molecule has 0 aliphatic heterocycles. The minimum atomic E-state index is 0.648. The normalized spacial score (nSPS) is 10.5. The fraction of sp³-hybridized carbons (Fsp3) is 0.200. The largest absolute Gasteiger partial charge is 0.494 e. The maximum absolute atomic E-state index is 5.47. The number of hydrogen-bond acceptors (Lipinski definition) is 6. The number of rotatable bonds is 4. The molecule has 0 radical (unpaired) electrons. The van der Waals surface area contributed by atoms with Crippen molar-refractivity contribution < 1.29 is 9.47 Å². The summed E-state index contributed by atoms with van der Waals surface area (Å²) in [6.07, 6.45) is 3.25. The molecule has 7 nitrogen and oxygen atoms in total. The molecule has 0 fully saturated rings. The van der Waals surface area contributed by atoms with Crippen molar-refractivity contribution in [2.45, 2.75) is 6.92 Å². The Morgan fingerprint density at radius 3 is 2.27 bits per heavy atom. The molecule has 0 aliphatic carbocycles. The van der Waals surface area contributed by atoms with E-state index >= 15 is 0 Å². The first-order chi connectivity index (χ1) is 10.8. The summed E-state index contributed by atoms with van der Waals surface area (Å²) in [5.41, 5.74) is 1.56. The number of ether oxygens (including phenoxy) is 2. The highest BCUT2D eigenvalue weighted by molar-refractivity contribution is 5.64. The summed E-state index contributed by atoms with van der Waals surface area (Å²) in [5.74, 6) is 2.71. The van der Waals surface area contributed by atoms with E-state index in [1.807, 2.05) is 35.8 Å². The first-order valence-corrected chi connectivity index (χ1v) is 6.66. The van der Waals surface area contributed by atoms with E-state index < -0.39 is 0 Å². The molecule has 0 spiro atoms. The standard InChI is InChI=1S/C15H15N5O2/c1-10-18-19-15(11-7-8-16-17-9-11)20(10)14-12(21-2)5-4-6-13(14)22-3/h4-9H,1-3H3. The van der Waals surface area contributed by atoms with Gasteiger partial charge in [-0.3, -0.25) is 4.57 Å². The van der Waals surface area contributed by atoms with E-state index in [-0.39, 0.29) is 0 Å². The summed E-state index contributed by atoms with van der Waals surface area (Å²) in [4.78, 5) is 0. The number of aryl methyl sites for hydroxylation is 1. The predicted octanol–water partition coefficient (Wildman–Crippen LogP) is 2.05. The smallest absolute Gasteiger partial charge is 0.170 e. The monoisotopic (exact) mass is 297 g/mol. The summed E-state index contributed by atoms with van der Waals surface area (Å²) in [5, 5.41) is 16.1. The molecule has 0 atom stereocenters. The lowest BCUT2D eigenvalue weighted by molar-refractivity contribution is 0.391. The van der Waals surface area contributed by atoms with Gasteiger partial charge in [0.1, 0.15) is 23.0 Å². The third-order valence-electron chi connectivity index (χ3n) is 3.29. The highest BCUT2D eigenvalue weighted by atomic mass is 16.5. The minimum absolute atomic E-state index is 0.648. The molecule has 0 saturated heterocycles. The third kappa shape index (κ3) is 2.26. The van der Waals surface area contributed by atoms with Gasteiger partial charge in [-0.15, -0.1) is 10.2 Å². The number of para-hydroxylation sites is 1. The van der Waals surface area contributed by atoms with Crippen molar-refractivity contribution in [2.75, 3.05) is 14.2 Å². The molecular weight excluding hydrogens is 282 g/mol. The molecule has 2 heterocycles. The molecule has 3 aromatic rings. The molecule has 0 N–H and O–H groups in total. The lowest BCUT2D eigenvalue weighted by Crippen LogP contribution is -2.05. The molecule has 0 bridgehead atoms.